The monoisotopic (exact) mass is 284 g/mol. The highest BCUT2D eigenvalue weighted by atomic mass is 16.5. The van der Waals surface area contributed by atoms with E-state index in [4.69, 9.17) is 4.74 Å². The third kappa shape index (κ3) is 2.81. The van der Waals surface area contributed by atoms with Crippen molar-refractivity contribution in [2.75, 3.05) is 26.7 Å². The summed E-state index contributed by atoms with van der Waals surface area (Å²) in [7, 11) is 1.84. The molecular formula is C14H24N2O4. The molecule has 2 aliphatic heterocycles. The lowest BCUT2D eigenvalue weighted by Crippen LogP contribution is -2.47. The smallest absolute Gasteiger partial charge is 0.310 e. The highest BCUT2D eigenvalue weighted by Crippen LogP contribution is 2.44. The molecule has 2 rings (SSSR count). The molecule has 2 bridgehead atoms. The number of nitrogens with zero attached hydrogens (tertiary/aromatic N) is 1. The van der Waals surface area contributed by atoms with Gasteiger partial charge in [-0.25, -0.2) is 0 Å². The molecule has 6 nitrogen and oxygen atoms in total. The fourth-order valence-electron chi connectivity index (χ4n) is 3.36. The summed E-state index contributed by atoms with van der Waals surface area (Å²) in [5.74, 6) is -2.13. The number of aliphatic carboxylic acids is 1. The predicted octanol–water partition coefficient (Wildman–Crippen LogP) is 0.323. The van der Waals surface area contributed by atoms with Crippen LogP contribution in [0.3, 0.4) is 0 Å². The van der Waals surface area contributed by atoms with Gasteiger partial charge in [0.2, 0.25) is 5.91 Å². The molecule has 2 N–H and O–H groups in total. The van der Waals surface area contributed by atoms with Crippen LogP contribution in [0.5, 0.6) is 0 Å². The Labute approximate surface area is 119 Å². The summed E-state index contributed by atoms with van der Waals surface area (Å²) in [6.07, 6.45) is 1.95. The summed E-state index contributed by atoms with van der Waals surface area (Å²) in [4.78, 5) is 25.9. The van der Waals surface area contributed by atoms with Crippen molar-refractivity contribution in [3.63, 3.8) is 0 Å². The summed E-state index contributed by atoms with van der Waals surface area (Å²) in [6.45, 7) is 4.01. The van der Waals surface area contributed by atoms with Crippen molar-refractivity contribution in [1.82, 2.24) is 10.2 Å². The van der Waals surface area contributed by atoms with E-state index in [1.165, 1.54) is 0 Å². The van der Waals surface area contributed by atoms with Gasteiger partial charge in [0.15, 0.2) is 0 Å². The molecule has 0 saturated carbocycles. The fourth-order valence-corrected chi connectivity index (χ4v) is 3.36. The second-order valence-corrected chi connectivity index (χ2v) is 5.61. The molecule has 0 unspecified atom stereocenters. The number of hydrogen-bond acceptors (Lipinski definition) is 4. The Hall–Kier alpha value is -1.14. The number of rotatable bonds is 7. The van der Waals surface area contributed by atoms with Crippen LogP contribution in [0.15, 0.2) is 0 Å². The molecule has 0 aliphatic carbocycles. The van der Waals surface area contributed by atoms with Crippen LogP contribution in [0, 0.1) is 11.8 Å². The summed E-state index contributed by atoms with van der Waals surface area (Å²) < 4.78 is 5.67. The van der Waals surface area contributed by atoms with Crippen molar-refractivity contribution in [1.29, 1.82) is 0 Å². The first-order chi connectivity index (χ1) is 9.60. The molecule has 114 valence electrons. The zero-order valence-electron chi connectivity index (χ0n) is 12.2. The molecule has 1 amide bonds. The molecule has 0 radical (unpaired) electrons. The Bertz CT molecular complexity index is 374. The van der Waals surface area contributed by atoms with E-state index in [2.05, 4.69) is 5.32 Å². The normalized spacial score (nSPS) is 31.5. The maximum Gasteiger partial charge on any atom is 0.310 e. The number of carboxylic acid groups (broad SMARTS) is 1. The van der Waals surface area contributed by atoms with Crippen molar-refractivity contribution in [3.05, 3.63) is 0 Å². The quantitative estimate of drug-likeness (QED) is 0.704. The lowest BCUT2D eigenvalue weighted by molar-refractivity contribution is -0.150. The number of nitrogens with one attached hydrogen (secondary N) is 1. The van der Waals surface area contributed by atoms with Gasteiger partial charge in [-0.2, -0.15) is 0 Å². The van der Waals surface area contributed by atoms with E-state index in [1.807, 2.05) is 14.0 Å². The third-order valence-corrected chi connectivity index (χ3v) is 4.28. The van der Waals surface area contributed by atoms with Gasteiger partial charge in [-0.05, 0) is 26.3 Å². The highest BCUT2D eigenvalue weighted by Gasteiger charge is 2.56. The van der Waals surface area contributed by atoms with Crippen LogP contribution >= 0.6 is 0 Å². The maximum absolute atomic E-state index is 12.7. The van der Waals surface area contributed by atoms with Crippen molar-refractivity contribution in [2.45, 2.75) is 38.4 Å². The summed E-state index contributed by atoms with van der Waals surface area (Å²) in [5, 5.41) is 12.4. The van der Waals surface area contributed by atoms with Crippen molar-refractivity contribution in [2.24, 2.45) is 11.8 Å². The summed E-state index contributed by atoms with van der Waals surface area (Å²) >= 11 is 0. The molecule has 20 heavy (non-hydrogen) atoms. The van der Waals surface area contributed by atoms with Crippen LogP contribution in [-0.4, -0.2) is 60.8 Å². The van der Waals surface area contributed by atoms with E-state index >= 15 is 0 Å². The van der Waals surface area contributed by atoms with Gasteiger partial charge < -0.3 is 20.1 Å². The molecule has 2 fully saturated rings. The number of carbonyl (C=O) groups excluding carboxylic acids is 1. The SMILES string of the molecule is CCCN(CCNC)C(=O)[C@@H]1[C@H](C(=O)O)[C@H]2CC[C@@H]1O2. The van der Waals surface area contributed by atoms with E-state index in [0.29, 0.717) is 19.6 Å². The molecule has 4 atom stereocenters. The zero-order chi connectivity index (χ0) is 14.7. The molecule has 0 spiro atoms. The second kappa shape index (κ2) is 6.54. The van der Waals surface area contributed by atoms with Crippen molar-refractivity contribution < 1.29 is 19.4 Å². The van der Waals surface area contributed by atoms with Gasteiger partial charge in [0, 0.05) is 19.6 Å². The average molecular weight is 284 g/mol. The Balaban J connectivity index is 2.10. The van der Waals surface area contributed by atoms with E-state index in [-0.39, 0.29) is 18.1 Å². The minimum Gasteiger partial charge on any atom is -0.481 e. The number of fused-ring (bicyclic) bond motifs is 2. The molecule has 2 aliphatic rings. The van der Waals surface area contributed by atoms with Crippen molar-refractivity contribution in [3.8, 4) is 0 Å². The first-order valence-corrected chi connectivity index (χ1v) is 7.41. The predicted molar refractivity (Wildman–Crippen MR) is 73.3 cm³/mol. The zero-order valence-corrected chi connectivity index (χ0v) is 12.2. The Morgan fingerprint density at radius 3 is 2.45 bits per heavy atom. The van der Waals surface area contributed by atoms with Gasteiger partial charge >= 0.3 is 5.97 Å². The van der Waals surface area contributed by atoms with Crippen LogP contribution in [0.4, 0.5) is 0 Å². The van der Waals surface area contributed by atoms with Gasteiger partial charge in [0.1, 0.15) is 0 Å². The van der Waals surface area contributed by atoms with Crippen LogP contribution in [-0.2, 0) is 14.3 Å². The lowest BCUT2D eigenvalue weighted by atomic mass is 9.78. The molecule has 0 aromatic rings. The second-order valence-electron chi connectivity index (χ2n) is 5.61. The van der Waals surface area contributed by atoms with Gasteiger partial charge in [-0.15, -0.1) is 0 Å². The highest BCUT2D eigenvalue weighted by molar-refractivity contribution is 5.86. The molecule has 2 saturated heterocycles. The molecule has 6 heteroatoms. The Morgan fingerprint density at radius 2 is 1.90 bits per heavy atom. The standard InChI is InChI=1S/C14H24N2O4/c1-3-7-16(8-6-15-2)13(17)11-9-4-5-10(20-9)12(11)14(18)19/h9-12,15H,3-8H2,1-2H3,(H,18,19)/t9-,10+,11-,12+/m0/s1. The van der Waals surface area contributed by atoms with Gasteiger partial charge in [0.25, 0.3) is 0 Å². The van der Waals surface area contributed by atoms with Gasteiger partial charge in [-0.1, -0.05) is 6.92 Å². The lowest BCUT2D eigenvalue weighted by Gasteiger charge is -2.30. The van der Waals surface area contributed by atoms with Gasteiger partial charge in [0.05, 0.1) is 24.0 Å². The average Bonchev–Trinajstić information content (AvgIpc) is 3.02. The van der Waals surface area contributed by atoms with E-state index in [0.717, 1.165) is 19.3 Å². The van der Waals surface area contributed by atoms with Crippen LogP contribution < -0.4 is 5.32 Å². The van der Waals surface area contributed by atoms with Crippen LogP contribution in [0.25, 0.3) is 0 Å². The van der Waals surface area contributed by atoms with Crippen LogP contribution in [0.1, 0.15) is 26.2 Å². The number of hydrogen-bond donors (Lipinski definition) is 2. The summed E-state index contributed by atoms with van der Waals surface area (Å²) in [6, 6.07) is 0. The molecule has 2 heterocycles. The molecule has 0 aromatic heterocycles. The largest absolute Gasteiger partial charge is 0.481 e. The van der Waals surface area contributed by atoms with Gasteiger partial charge in [-0.3, -0.25) is 9.59 Å². The molecular weight excluding hydrogens is 260 g/mol. The number of carboxylic acids is 1. The number of ether oxygens (including phenoxy) is 1. The first kappa shape index (κ1) is 15.3. The minimum absolute atomic E-state index is 0.0540. The fraction of sp³-hybridized carbons (Fsp3) is 0.857. The number of likely N-dealkylation sites (N-methyl/N-ethyl adjacent to an activating group) is 1. The van der Waals surface area contributed by atoms with E-state index in [9.17, 15) is 14.7 Å². The maximum atomic E-state index is 12.7. The Morgan fingerprint density at radius 1 is 1.25 bits per heavy atom. The topological polar surface area (TPSA) is 78.9 Å². The number of carbonyl (C=O) groups is 2. The van der Waals surface area contributed by atoms with E-state index < -0.39 is 17.8 Å². The Kier molecular flexibility index (Phi) is 4.99. The first-order valence-electron chi connectivity index (χ1n) is 7.41. The summed E-state index contributed by atoms with van der Waals surface area (Å²) in [5.41, 5.74) is 0. The minimum atomic E-state index is -0.902. The van der Waals surface area contributed by atoms with Crippen LogP contribution in [0.2, 0.25) is 0 Å². The van der Waals surface area contributed by atoms with Crippen molar-refractivity contribution >= 4 is 11.9 Å². The number of amides is 1. The third-order valence-electron chi connectivity index (χ3n) is 4.28. The van der Waals surface area contributed by atoms with E-state index in [1.54, 1.807) is 4.90 Å². The molecule has 0 aromatic carbocycles.